The predicted octanol–water partition coefficient (Wildman–Crippen LogP) is 2.43. The van der Waals surface area contributed by atoms with Gasteiger partial charge in [0, 0.05) is 15.9 Å². The third kappa shape index (κ3) is 3.04. The number of anilines is 1. The fraction of sp³-hybridized carbons (Fsp3) is 0.0556. The minimum atomic E-state index is -1.94. The quantitative estimate of drug-likeness (QED) is 0.806. The zero-order valence-electron chi connectivity index (χ0n) is 12.8. The Kier molecular flexibility index (Phi) is 4.37. The van der Waals surface area contributed by atoms with Crippen molar-refractivity contribution in [3.05, 3.63) is 75.2 Å². The van der Waals surface area contributed by atoms with E-state index in [0.29, 0.717) is 21.3 Å². The number of carbonyl (C=O) groups excluding carboxylic acids is 1. The number of rotatable bonds is 4. The highest BCUT2D eigenvalue weighted by Gasteiger charge is 2.44. The standard InChI is InChI=1S/C18H12Cl2N2O3/c1-10(16(23)21-12-5-3-2-4-6-12)18(17(24)25)9-13-14(20)7-11(19)8-15(13)22-18/h2-9H,1H2,(H,21,23)(H,24,25). The van der Waals surface area contributed by atoms with Gasteiger partial charge in [-0.15, -0.1) is 0 Å². The van der Waals surface area contributed by atoms with Gasteiger partial charge in [-0.05, 0) is 30.3 Å². The monoisotopic (exact) mass is 374 g/mol. The molecule has 0 aliphatic carbocycles. The van der Waals surface area contributed by atoms with E-state index in [2.05, 4.69) is 16.9 Å². The van der Waals surface area contributed by atoms with Gasteiger partial charge in [-0.25, -0.2) is 4.79 Å². The number of halogens is 2. The largest absolute Gasteiger partial charge is 0.479 e. The van der Waals surface area contributed by atoms with Crippen LogP contribution in [0.1, 0.15) is 0 Å². The summed E-state index contributed by atoms with van der Waals surface area (Å²) in [6.45, 7) is 3.67. The number of benzene rings is 2. The zero-order chi connectivity index (χ0) is 18.2. The minimum absolute atomic E-state index is 0.229. The highest BCUT2D eigenvalue weighted by atomic mass is 35.5. The number of carboxylic acids is 1. The van der Waals surface area contributed by atoms with Gasteiger partial charge in [-0.1, -0.05) is 48.0 Å². The molecule has 1 unspecified atom stereocenters. The smallest absolute Gasteiger partial charge is 0.340 e. The van der Waals surface area contributed by atoms with Crippen molar-refractivity contribution in [2.24, 2.45) is 4.99 Å². The first-order valence-corrected chi connectivity index (χ1v) is 7.96. The molecule has 0 bridgehead atoms. The van der Waals surface area contributed by atoms with E-state index in [1.807, 2.05) is 0 Å². The fourth-order valence-corrected chi connectivity index (χ4v) is 3.07. The van der Waals surface area contributed by atoms with Gasteiger partial charge in [0.05, 0.1) is 16.0 Å². The maximum absolute atomic E-state index is 12.5. The lowest BCUT2D eigenvalue weighted by Gasteiger charge is -2.21. The van der Waals surface area contributed by atoms with Crippen molar-refractivity contribution < 1.29 is 14.7 Å². The Balaban J connectivity index is 2.04. The van der Waals surface area contributed by atoms with Crippen LogP contribution in [0.4, 0.5) is 5.69 Å². The minimum Gasteiger partial charge on any atom is -0.479 e. The highest BCUT2D eigenvalue weighted by molar-refractivity contribution is 6.34. The van der Waals surface area contributed by atoms with Crippen molar-refractivity contribution in [3.8, 4) is 0 Å². The number of carboxylic acid groups (broad SMARTS) is 1. The molecule has 0 aromatic heterocycles. The molecule has 2 aromatic carbocycles. The molecule has 0 saturated carbocycles. The average molecular weight is 375 g/mol. The first-order chi connectivity index (χ1) is 11.8. The molecule has 1 aliphatic heterocycles. The third-order valence-corrected chi connectivity index (χ3v) is 4.35. The van der Waals surface area contributed by atoms with Gasteiger partial charge in [0.1, 0.15) is 0 Å². The van der Waals surface area contributed by atoms with Crippen LogP contribution in [0.5, 0.6) is 0 Å². The Hall–Kier alpha value is -2.63. The van der Waals surface area contributed by atoms with E-state index in [0.717, 1.165) is 0 Å². The molecule has 1 amide bonds. The van der Waals surface area contributed by atoms with E-state index < -0.39 is 17.4 Å². The number of nitrogens with one attached hydrogen (secondary N) is 1. The SMILES string of the molecule is C=C(C(=O)Nc1ccccc1)C1(C(=O)O)C=c2c(Cl)cc(Cl)cc2=N1. The second-order valence-corrected chi connectivity index (χ2v) is 6.29. The molecule has 0 radical (unpaired) electrons. The Morgan fingerprint density at radius 1 is 1.16 bits per heavy atom. The Morgan fingerprint density at radius 3 is 2.48 bits per heavy atom. The van der Waals surface area contributed by atoms with E-state index in [1.54, 1.807) is 30.3 Å². The highest BCUT2D eigenvalue weighted by Crippen LogP contribution is 2.27. The van der Waals surface area contributed by atoms with Gasteiger partial charge in [0.25, 0.3) is 5.91 Å². The lowest BCUT2D eigenvalue weighted by molar-refractivity contribution is -0.140. The first-order valence-electron chi connectivity index (χ1n) is 7.20. The van der Waals surface area contributed by atoms with E-state index in [1.165, 1.54) is 18.2 Å². The molecule has 0 fully saturated rings. The van der Waals surface area contributed by atoms with Gasteiger partial charge < -0.3 is 10.4 Å². The molecule has 1 atom stereocenters. The van der Waals surface area contributed by atoms with Gasteiger partial charge in [-0.2, -0.15) is 0 Å². The first kappa shape index (κ1) is 17.2. The van der Waals surface area contributed by atoms with Crippen LogP contribution in [-0.2, 0) is 9.59 Å². The molecular formula is C18H12Cl2N2O3. The molecule has 7 heteroatoms. The van der Waals surface area contributed by atoms with Crippen molar-refractivity contribution in [1.82, 2.24) is 0 Å². The van der Waals surface area contributed by atoms with Crippen LogP contribution in [0.2, 0.25) is 10.0 Å². The molecule has 5 nitrogen and oxygen atoms in total. The molecule has 1 heterocycles. The average Bonchev–Trinajstić information content (AvgIpc) is 2.96. The molecule has 3 rings (SSSR count). The molecule has 0 spiro atoms. The van der Waals surface area contributed by atoms with Crippen molar-refractivity contribution in [2.45, 2.75) is 5.54 Å². The van der Waals surface area contributed by atoms with E-state index >= 15 is 0 Å². The van der Waals surface area contributed by atoms with Crippen LogP contribution in [-0.4, -0.2) is 22.5 Å². The molecule has 0 saturated heterocycles. The van der Waals surface area contributed by atoms with Gasteiger partial charge >= 0.3 is 5.97 Å². The Bertz CT molecular complexity index is 1020. The number of amides is 1. The summed E-state index contributed by atoms with van der Waals surface area (Å²) < 4.78 is 0. The number of carbonyl (C=O) groups is 2. The summed E-state index contributed by atoms with van der Waals surface area (Å²) >= 11 is 12.1. The molecule has 1 aliphatic rings. The van der Waals surface area contributed by atoms with Crippen molar-refractivity contribution in [2.75, 3.05) is 5.32 Å². The molecular weight excluding hydrogens is 363 g/mol. The summed E-state index contributed by atoms with van der Waals surface area (Å²) in [4.78, 5) is 28.6. The van der Waals surface area contributed by atoms with Gasteiger partial charge in [0.2, 0.25) is 5.54 Å². The molecule has 2 aromatic rings. The van der Waals surface area contributed by atoms with Crippen LogP contribution in [0.3, 0.4) is 0 Å². The van der Waals surface area contributed by atoms with Crippen molar-refractivity contribution in [3.63, 3.8) is 0 Å². The topological polar surface area (TPSA) is 78.8 Å². The third-order valence-electron chi connectivity index (χ3n) is 3.81. The normalized spacial score (nSPS) is 17.8. The number of aliphatic carboxylic acids is 1. The Morgan fingerprint density at radius 2 is 1.84 bits per heavy atom. The van der Waals surface area contributed by atoms with Crippen LogP contribution < -0.4 is 15.9 Å². The summed E-state index contributed by atoms with van der Waals surface area (Å²) in [7, 11) is 0. The summed E-state index contributed by atoms with van der Waals surface area (Å²) in [6, 6.07) is 11.6. The Labute approximate surface area is 152 Å². The molecule has 25 heavy (non-hydrogen) atoms. The number of fused-ring (bicyclic) bond motifs is 1. The maximum atomic E-state index is 12.5. The second-order valence-electron chi connectivity index (χ2n) is 5.45. The van der Waals surface area contributed by atoms with E-state index in [4.69, 9.17) is 23.2 Å². The number of hydrogen-bond acceptors (Lipinski definition) is 3. The second kappa shape index (κ2) is 6.35. The molecule has 2 N–H and O–H groups in total. The van der Waals surface area contributed by atoms with E-state index in [9.17, 15) is 14.7 Å². The zero-order valence-corrected chi connectivity index (χ0v) is 14.3. The number of para-hydroxylation sites is 1. The van der Waals surface area contributed by atoms with Crippen molar-refractivity contribution in [1.29, 1.82) is 0 Å². The van der Waals surface area contributed by atoms with Crippen LogP contribution in [0.15, 0.2) is 59.6 Å². The number of nitrogens with zero attached hydrogens (tertiary/aromatic N) is 1. The van der Waals surface area contributed by atoms with Crippen LogP contribution in [0.25, 0.3) is 6.08 Å². The summed E-state index contributed by atoms with van der Waals surface area (Å²) in [6.07, 6.45) is 1.32. The number of hydrogen-bond donors (Lipinski definition) is 2. The lowest BCUT2D eigenvalue weighted by atomic mass is 9.91. The van der Waals surface area contributed by atoms with Crippen LogP contribution in [0, 0.1) is 0 Å². The fourth-order valence-electron chi connectivity index (χ4n) is 2.53. The van der Waals surface area contributed by atoms with E-state index in [-0.39, 0.29) is 10.6 Å². The summed E-state index contributed by atoms with van der Waals surface area (Å²) in [5.41, 5.74) is -1.65. The maximum Gasteiger partial charge on any atom is 0.340 e. The van der Waals surface area contributed by atoms with Crippen LogP contribution >= 0.6 is 23.2 Å². The van der Waals surface area contributed by atoms with Gasteiger partial charge in [0.15, 0.2) is 0 Å². The predicted molar refractivity (Wildman–Crippen MR) is 96.3 cm³/mol. The summed E-state index contributed by atoms with van der Waals surface area (Å²) in [5.74, 6) is -1.98. The summed E-state index contributed by atoms with van der Waals surface area (Å²) in [5, 5.41) is 13.6. The van der Waals surface area contributed by atoms with Gasteiger partial charge in [-0.3, -0.25) is 9.79 Å². The lowest BCUT2D eigenvalue weighted by Crippen LogP contribution is -2.40. The van der Waals surface area contributed by atoms with Crippen molar-refractivity contribution >= 4 is 46.8 Å². The molecule has 126 valence electrons.